The fraction of sp³-hybridized carbons (Fsp3) is 0.600. The number of ether oxygens (including phenoxy) is 1. The van der Waals surface area contributed by atoms with Crippen LogP contribution in [0.5, 0.6) is 5.75 Å². The van der Waals surface area contributed by atoms with Gasteiger partial charge in [0.05, 0.1) is 12.9 Å². The van der Waals surface area contributed by atoms with Gasteiger partial charge in [-0.15, -0.1) is 0 Å². The number of nitrogens with one attached hydrogen (secondary N) is 1. The maximum Gasteiger partial charge on any atom is 0.216 e. The van der Waals surface area contributed by atoms with Gasteiger partial charge in [0.2, 0.25) is 10.0 Å². The normalized spacial score (nSPS) is 23.4. The Morgan fingerprint density at radius 1 is 1.38 bits per heavy atom. The quantitative estimate of drug-likeness (QED) is 0.864. The van der Waals surface area contributed by atoms with Crippen LogP contribution < -0.4 is 9.46 Å². The van der Waals surface area contributed by atoms with Crippen LogP contribution in [-0.2, 0) is 15.8 Å². The summed E-state index contributed by atoms with van der Waals surface area (Å²) in [5.41, 5.74) is 0.736. The first-order valence-electron chi connectivity index (χ1n) is 7.29. The second kappa shape index (κ2) is 6.77. The molecule has 5 nitrogen and oxygen atoms in total. The fourth-order valence-electron chi connectivity index (χ4n) is 2.73. The second-order valence-corrected chi connectivity index (χ2v) is 7.42. The molecule has 0 amide bonds. The van der Waals surface area contributed by atoms with Crippen LogP contribution in [0.25, 0.3) is 0 Å². The maximum atomic E-state index is 12.3. The summed E-state index contributed by atoms with van der Waals surface area (Å²) < 4.78 is 32.6. The van der Waals surface area contributed by atoms with Crippen molar-refractivity contribution in [2.75, 3.05) is 26.7 Å². The van der Waals surface area contributed by atoms with E-state index in [0.29, 0.717) is 11.7 Å². The van der Waals surface area contributed by atoms with Gasteiger partial charge in [0.1, 0.15) is 5.75 Å². The van der Waals surface area contributed by atoms with Gasteiger partial charge in [-0.1, -0.05) is 26.0 Å². The highest BCUT2D eigenvalue weighted by atomic mass is 32.2. The van der Waals surface area contributed by atoms with Gasteiger partial charge >= 0.3 is 0 Å². The molecule has 0 aliphatic carbocycles. The molecule has 118 valence electrons. The summed E-state index contributed by atoms with van der Waals surface area (Å²) in [6.45, 7) is 6.88. The Hall–Kier alpha value is -1.11. The summed E-state index contributed by atoms with van der Waals surface area (Å²) in [5, 5.41) is 0. The number of hydrogen-bond donors (Lipinski definition) is 1. The van der Waals surface area contributed by atoms with Gasteiger partial charge in [0.15, 0.2) is 0 Å². The summed E-state index contributed by atoms with van der Waals surface area (Å²) in [7, 11) is -1.77. The molecule has 0 aromatic heterocycles. The van der Waals surface area contributed by atoms with Crippen molar-refractivity contribution in [1.82, 2.24) is 9.62 Å². The Morgan fingerprint density at radius 3 is 2.76 bits per heavy atom. The minimum atomic E-state index is -3.34. The Labute approximate surface area is 127 Å². The van der Waals surface area contributed by atoms with E-state index < -0.39 is 10.0 Å². The first-order chi connectivity index (χ1) is 9.93. The summed E-state index contributed by atoms with van der Waals surface area (Å²) in [5.74, 6) is 0.999. The highest BCUT2D eigenvalue weighted by Gasteiger charge is 2.31. The lowest BCUT2D eigenvalue weighted by atomic mass is 10.1. The average Bonchev–Trinajstić information content (AvgIpc) is 2.78. The number of likely N-dealkylation sites (N-methyl/N-ethyl adjacent to an activating group) is 1. The molecule has 2 atom stereocenters. The minimum absolute atomic E-state index is 0.000516. The first kappa shape index (κ1) is 16.3. The third-order valence-corrected chi connectivity index (χ3v) is 5.33. The van der Waals surface area contributed by atoms with E-state index >= 15 is 0 Å². The van der Waals surface area contributed by atoms with E-state index in [9.17, 15) is 8.42 Å². The zero-order chi connectivity index (χ0) is 15.5. The Bertz CT molecular complexity index is 574. The van der Waals surface area contributed by atoms with Crippen molar-refractivity contribution >= 4 is 10.0 Å². The molecule has 1 fully saturated rings. The van der Waals surface area contributed by atoms with Crippen LogP contribution in [0.4, 0.5) is 0 Å². The van der Waals surface area contributed by atoms with Crippen LogP contribution in [-0.4, -0.2) is 46.1 Å². The van der Waals surface area contributed by atoms with Gasteiger partial charge in [-0.3, -0.25) is 0 Å². The van der Waals surface area contributed by atoms with Crippen molar-refractivity contribution < 1.29 is 13.2 Å². The Morgan fingerprint density at radius 2 is 2.14 bits per heavy atom. The van der Waals surface area contributed by atoms with E-state index in [4.69, 9.17) is 4.74 Å². The molecule has 2 rings (SSSR count). The molecule has 1 N–H and O–H groups in total. The molecule has 1 aromatic rings. The van der Waals surface area contributed by atoms with Crippen LogP contribution in [0.1, 0.15) is 19.4 Å². The largest absolute Gasteiger partial charge is 0.497 e. The van der Waals surface area contributed by atoms with Gasteiger partial charge < -0.3 is 9.64 Å². The predicted molar refractivity (Wildman–Crippen MR) is 83.8 cm³/mol. The van der Waals surface area contributed by atoms with E-state index in [-0.39, 0.29) is 11.8 Å². The number of sulfonamides is 1. The lowest BCUT2D eigenvalue weighted by molar-refractivity contribution is 0.344. The second-order valence-electron chi connectivity index (χ2n) is 5.66. The standard InChI is InChI=1S/C15H24N2O3S/c1-4-17-9-12(2)15(10-17)16-21(18,19)11-13-6-5-7-14(8-13)20-3/h5-8,12,15-16H,4,9-11H2,1-3H3/t12-,15+/m1/s1. The molecule has 0 saturated carbocycles. The molecule has 1 aromatic carbocycles. The summed E-state index contributed by atoms with van der Waals surface area (Å²) in [6, 6.07) is 7.18. The lowest BCUT2D eigenvalue weighted by Gasteiger charge is -2.17. The van der Waals surface area contributed by atoms with Gasteiger partial charge in [-0.2, -0.15) is 0 Å². The van der Waals surface area contributed by atoms with Crippen LogP contribution in [0.15, 0.2) is 24.3 Å². The van der Waals surface area contributed by atoms with Crippen molar-refractivity contribution in [3.8, 4) is 5.75 Å². The molecule has 1 aliphatic heterocycles. The highest BCUT2D eigenvalue weighted by molar-refractivity contribution is 7.88. The van der Waals surface area contributed by atoms with Crippen molar-refractivity contribution in [2.45, 2.75) is 25.6 Å². The van der Waals surface area contributed by atoms with Crippen molar-refractivity contribution in [1.29, 1.82) is 0 Å². The SMILES string of the molecule is CCN1C[C@@H](C)[C@@H](NS(=O)(=O)Cc2cccc(OC)c2)C1. The van der Waals surface area contributed by atoms with Gasteiger partial charge in [0.25, 0.3) is 0 Å². The zero-order valence-corrected chi connectivity index (χ0v) is 13.7. The molecular formula is C15H24N2O3S. The van der Waals surface area contributed by atoms with Crippen LogP contribution in [0, 0.1) is 5.92 Å². The van der Waals surface area contributed by atoms with E-state index in [1.54, 1.807) is 25.3 Å². The molecule has 0 bridgehead atoms. The smallest absolute Gasteiger partial charge is 0.216 e. The topological polar surface area (TPSA) is 58.6 Å². The third kappa shape index (κ3) is 4.43. The van der Waals surface area contributed by atoms with Crippen LogP contribution in [0.3, 0.4) is 0 Å². The molecule has 0 radical (unpaired) electrons. The summed E-state index contributed by atoms with van der Waals surface area (Å²) >= 11 is 0. The number of hydrogen-bond acceptors (Lipinski definition) is 4. The number of benzene rings is 1. The number of likely N-dealkylation sites (tertiary alicyclic amines) is 1. The summed E-state index contributed by atoms with van der Waals surface area (Å²) in [4.78, 5) is 2.27. The molecule has 0 unspecified atom stereocenters. The third-order valence-electron chi connectivity index (χ3n) is 3.96. The van der Waals surface area contributed by atoms with Crippen LogP contribution >= 0.6 is 0 Å². The average molecular weight is 312 g/mol. The molecule has 1 aliphatic rings. The molecule has 6 heteroatoms. The molecular weight excluding hydrogens is 288 g/mol. The summed E-state index contributed by atoms with van der Waals surface area (Å²) in [6.07, 6.45) is 0. The minimum Gasteiger partial charge on any atom is -0.497 e. The maximum absolute atomic E-state index is 12.3. The lowest BCUT2D eigenvalue weighted by Crippen LogP contribution is -2.40. The number of rotatable bonds is 6. The van der Waals surface area contributed by atoms with Crippen LogP contribution in [0.2, 0.25) is 0 Å². The first-order valence-corrected chi connectivity index (χ1v) is 8.94. The zero-order valence-electron chi connectivity index (χ0n) is 12.9. The van der Waals surface area contributed by atoms with E-state index in [2.05, 4.69) is 23.5 Å². The molecule has 1 heterocycles. The van der Waals surface area contributed by atoms with Gasteiger partial charge in [-0.05, 0) is 30.2 Å². The Balaban J connectivity index is 2.02. The predicted octanol–water partition coefficient (Wildman–Crippen LogP) is 1.45. The molecule has 21 heavy (non-hydrogen) atoms. The Kier molecular flexibility index (Phi) is 5.24. The van der Waals surface area contributed by atoms with Crippen molar-refractivity contribution in [3.63, 3.8) is 0 Å². The van der Waals surface area contributed by atoms with E-state index in [1.165, 1.54) is 0 Å². The van der Waals surface area contributed by atoms with E-state index in [0.717, 1.165) is 25.2 Å². The molecule has 1 saturated heterocycles. The van der Waals surface area contributed by atoms with E-state index in [1.807, 2.05) is 6.07 Å². The number of methoxy groups -OCH3 is 1. The van der Waals surface area contributed by atoms with Crippen molar-refractivity contribution in [3.05, 3.63) is 29.8 Å². The van der Waals surface area contributed by atoms with Gasteiger partial charge in [0, 0.05) is 19.1 Å². The van der Waals surface area contributed by atoms with Gasteiger partial charge in [-0.25, -0.2) is 13.1 Å². The van der Waals surface area contributed by atoms with Crippen molar-refractivity contribution in [2.24, 2.45) is 5.92 Å². The molecule has 0 spiro atoms. The highest BCUT2D eigenvalue weighted by Crippen LogP contribution is 2.19. The number of nitrogens with zero attached hydrogens (tertiary/aromatic N) is 1. The monoisotopic (exact) mass is 312 g/mol. The fourth-order valence-corrected chi connectivity index (χ4v) is 4.20.